The van der Waals surface area contributed by atoms with Crippen molar-refractivity contribution in [3.63, 3.8) is 0 Å². The quantitative estimate of drug-likeness (QED) is 0.904. The molecule has 0 spiro atoms. The summed E-state index contributed by atoms with van der Waals surface area (Å²) in [7, 11) is 3.98. The molecule has 2 aromatic rings. The highest BCUT2D eigenvalue weighted by Crippen LogP contribution is 2.25. The van der Waals surface area contributed by atoms with Gasteiger partial charge in [0, 0.05) is 43.3 Å². The highest BCUT2D eigenvalue weighted by Gasteiger charge is 2.25. The molecule has 1 aromatic carbocycles. The Morgan fingerprint density at radius 1 is 1.35 bits per heavy atom. The maximum atomic E-state index is 12.0. The first-order valence-corrected chi connectivity index (χ1v) is 7.19. The van der Waals surface area contributed by atoms with Crippen LogP contribution in [-0.4, -0.2) is 35.6 Å². The van der Waals surface area contributed by atoms with Gasteiger partial charge in [0.05, 0.1) is 5.52 Å². The fourth-order valence-electron chi connectivity index (χ4n) is 2.62. The Morgan fingerprint density at radius 2 is 2.10 bits per heavy atom. The van der Waals surface area contributed by atoms with Gasteiger partial charge < -0.3 is 14.8 Å². The van der Waals surface area contributed by atoms with Gasteiger partial charge in [-0.1, -0.05) is 18.2 Å². The molecule has 3 rings (SSSR count). The van der Waals surface area contributed by atoms with Crippen molar-refractivity contribution in [2.45, 2.75) is 18.9 Å². The smallest absolute Gasteiger partial charge is 0.252 e. The molecule has 0 unspecified atom stereocenters. The number of pyridine rings is 1. The molecule has 1 aliphatic carbocycles. The minimum absolute atomic E-state index is 0.0294. The van der Waals surface area contributed by atoms with Gasteiger partial charge in [0.2, 0.25) is 0 Å². The molecule has 4 heteroatoms. The highest BCUT2D eigenvalue weighted by molar-refractivity contribution is 5.91. The molecule has 1 saturated carbocycles. The normalized spacial score (nSPS) is 14.9. The number of nitrogens with one attached hydrogen (secondary N) is 1. The molecule has 1 aliphatic rings. The lowest BCUT2D eigenvalue weighted by atomic mass is 10.2. The molecule has 1 fully saturated rings. The summed E-state index contributed by atoms with van der Waals surface area (Å²) in [6, 6.07) is 10.5. The first-order chi connectivity index (χ1) is 9.66. The van der Waals surface area contributed by atoms with Crippen LogP contribution in [0.3, 0.4) is 0 Å². The summed E-state index contributed by atoms with van der Waals surface area (Å²) in [5, 5.41) is 4.51. The Morgan fingerprint density at radius 3 is 2.85 bits per heavy atom. The molecule has 0 bridgehead atoms. The lowest BCUT2D eigenvalue weighted by molar-refractivity contribution is 0.337. The van der Waals surface area contributed by atoms with E-state index < -0.39 is 0 Å². The predicted molar refractivity (Wildman–Crippen MR) is 83.3 cm³/mol. The Labute approximate surface area is 119 Å². The molecular weight excluding hydrogens is 250 g/mol. The van der Waals surface area contributed by atoms with E-state index in [0.29, 0.717) is 0 Å². The van der Waals surface area contributed by atoms with E-state index in [1.807, 2.05) is 25.2 Å². The van der Waals surface area contributed by atoms with Gasteiger partial charge in [-0.25, -0.2) is 0 Å². The summed E-state index contributed by atoms with van der Waals surface area (Å²) in [6.07, 6.45) is 2.65. The van der Waals surface area contributed by atoms with Crippen LogP contribution in [0.5, 0.6) is 0 Å². The van der Waals surface area contributed by atoms with Crippen LogP contribution in [0.2, 0.25) is 0 Å². The fourth-order valence-corrected chi connectivity index (χ4v) is 2.62. The van der Waals surface area contributed by atoms with Crippen LogP contribution in [-0.2, 0) is 7.05 Å². The van der Waals surface area contributed by atoms with E-state index in [4.69, 9.17) is 0 Å². The van der Waals surface area contributed by atoms with Gasteiger partial charge >= 0.3 is 0 Å². The van der Waals surface area contributed by atoms with Crippen LogP contribution in [0.25, 0.3) is 10.9 Å². The number of hydrogen-bond acceptors (Lipinski definition) is 3. The number of hydrogen-bond donors (Lipinski definition) is 1. The minimum Gasteiger partial charge on any atom is -0.383 e. The van der Waals surface area contributed by atoms with E-state index in [9.17, 15) is 4.79 Å². The summed E-state index contributed by atoms with van der Waals surface area (Å²) in [5.74, 6) is 0. The molecule has 0 aliphatic heterocycles. The Hall–Kier alpha value is -1.81. The van der Waals surface area contributed by atoms with Crippen LogP contribution < -0.4 is 10.9 Å². The van der Waals surface area contributed by atoms with Crippen LogP contribution >= 0.6 is 0 Å². The highest BCUT2D eigenvalue weighted by atomic mass is 16.1. The van der Waals surface area contributed by atoms with Gasteiger partial charge in [-0.2, -0.15) is 0 Å². The van der Waals surface area contributed by atoms with Gasteiger partial charge in [0.25, 0.3) is 5.56 Å². The fraction of sp³-hybridized carbons (Fsp3) is 0.438. The molecule has 0 atom stereocenters. The number of fused-ring (bicyclic) bond motifs is 1. The molecule has 1 N–H and O–H groups in total. The van der Waals surface area contributed by atoms with Gasteiger partial charge in [0.1, 0.15) is 0 Å². The maximum Gasteiger partial charge on any atom is 0.252 e. The largest absolute Gasteiger partial charge is 0.383 e. The summed E-state index contributed by atoms with van der Waals surface area (Å²) in [6.45, 7) is 1.87. The van der Waals surface area contributed by atoms with Crippen molar-refractivity contribution >= 4 is 16.6 Å². The number of aryl methyl sites for hydroxylation is 1. The first-order valence-electron chi connectivity index (χ1n) is 7.19. The number of rotatable bonds is 5. The van der Waals surface area contributed by atoms with Crippen LogP contribution in [0.15, 0.2) is 35.1 Å². The van der Waals surface area contributed by atoms with Crippen LogP contribution in [0, 0.1) is 0 Å². The molecule has 1 aromatic heterocycles. The lowest BCUT2D eigenvalue weighted by Gasteiger charge is -2.17. The van der Waals surface area contributed by atoms with Crippen molar-refractivity contribution in [3.05, 3.63) is 40.7 Å². The van der Waals surface area contributed by atoms with E-state index in [-0.39, 0.29) is 5.56 Å². The van der Waals surface area contributed by atoms with E-state index in [0.717, 1.165) is 35.7 Å². The number of likely N-dealkylation sites (N-methyl/N-ethyl adjacent to an activating group) is 1. The van der Waals surface area contributed by atoms with Crippen molar-refractivity contribution in [2.24, 2.45) is 7.05 Å². The third-order valence-electron chi connectivity index (χ3n) is 4.10. The van der Waals surface area contributed by atoms with Crippen molar-refractivity contribution < 1.29 is 0 Å². The lowest BCUT2D eigenvalue weighted by Crippen LogP contribution is -2.27. The van der Waals surface area contributed by atoms with E-state index in [1.54, 1.807) is 10.6 Å². The number of benzene rings is 1. The summed E-state index contributed by atoms with van der Waals surface area (Å²) < 4.78 is 1.69. The van der Waals surface area contributed by atoms with Crippen molar-refractivity contribution in [2.75, 3.05) is 25.5 Å². The van der Waals surface area contributed by atoms with Crippen LogP contribution in [0.1, 0.15) is 12.8 Å². The van der Waals surface area contributed by atoms with Gasteiger partial charge in [-0.3, -0.25) is 4.79 Å². The Kier molecular flexibility index (Phi) is 3.49. The summed E-state index contributed by atoms with van der Waals surface area (Å²) in [4.78, 5) is 14.4. The average Bonchev–Trinajstić information content (AvgIpc) is 3.28. The second-order valence-electron chi connectivity index (χ2n) is 5.61. The average molecular weight is 271 g/mol. The molecule has 1 heterocycles. The third-order valence-corrected chi connectivity index (χ3v) is 4.10. The molecule has 0 radical (unpaired) electrons. The summed E-state index contributed by atoms with van der Waals surface area (Å²) in [5.41, 5.74) is 1.94. The zero-order chi connectivity index (χ0) is 14.1. The van der Waals surface area contributed by atoms with Crippen molar-refractivity contribution in [1.29, 1.82) is 0 Å². The van der Waals surface area contributed by atoms with Crippen LogP contribution in [0.4, 0.5) is 5.69 Å². The molecule has 106 valence electrons. The zero-order valence-electron chi connectivity index (χ0n) is 12.1. The molecule has 0 amide bonds. The number of nitrogens with zero attached hydrogens (tertiary/aromatic N) is 2. The number of para-hydroxylation sites is 1. The van der Waals surface area contributed by atoms with Crippen molar-refractivity contribution in [1.82, 2.24) is 9.47 Å². The molecule has 20 heavy (non-hydrogen) atoms. The van der Waals surface area contributed by atoms with E-state index in [1.165, 1.54) is 12.8 Å². The van der Waals surface area contributed by atoms with Gasteiger partial charge in [-0.15, -0.1) is 0 Å². The standard InChI is InChI=1S/C16H21N3O/c1-18(12-7-8-12)10-9-17-14-11-16(20)19(2)15-6-4-3-5-13(14)15/h3-6,11-12,17H,7-10H2,1-2H3. The second-order valence-corrected chi connectivity index (χ2v) is 5.61. The molecular formula is C16H21N3O. The van der Waals surface area contributed by atoms with Gasteiger partial charge in [-0.05, 0) is 26.0 Å². The summed E-state index contributed by atoms with van der Waals surface area (Å²) >= 11 is 0. The maximum absolute atomic E-state index is 12.0. The number of anilines is 1. The monoisotopic (exact) mass is 271 g/mol. The third kappa shape index (κ3) is 2.56. The molecule has 4 nitrogen and oxygen atoms in total. The van der Waals surface area contributed by atoms with E-state index >= 15 is 0 Å². The Balaban J connectivity index is 1.80. The number of aromatic nitrogens is 1. The SMILES string of the molecule is CN(CCNc1cc(=O)n(C)c2ccccc12)C1CC1. The van der Waals surface area contributed by atoms with Gasteiger partial charge in [0.15, 0.2) is 0 Å². The molecule has 0 saturated heterocycles. The van der Waals surface area contributed by atoms with E-state index in [2.05, 4.69) is 23.3 Å². The first kappa shape index (κ1) is 13.2. The minimum atomic E-state index is 0.0294. The Bertz CT molecular complexity index is 673. The van der Waals surface area contributed by atoms with Crippen molar-refractivity contribution in [3.8, 4) is 0 Å². The second kappa shape index (κ2) is 5.29. The predicted octanol–water partition coefficient (Wildman–Crippen LogP) is 2.04. The topological polar surface area (TPSA) is 37.3 Å². The zero-order valence-corrected chi connectivity index (χ0v) is 12.1.